The van der Waals surface area contributed by atoms with Crippen molar-refractivity contribution < 1.29 is 0 Å². The first-order valence-electron chi connectivity index (χ1n) is 5.02. The first-order valence-corrected chi connectivity index (χ1v) is 5.02. The van der Waals surface area contributed by atoms with Crippen LogP contribution in [-0.2, 0) is 0 Å². The molecule has 0 amide bonds. The van der Waals surface area contributed by atoms with Crippen molar-refractivity contribution in [3.8, 4) is 0 Å². The van der Waals surface area contributed by atoms with E-state index in [1.807, 2.05) is 26.2 Å². The molecule has 0 bridgehead atoms. The highest BCUT2D eigenvalue weighted by molar-refractivity contribution is 5.23. The number of hydrogen-bond donors (Lipinski definition) is 1. The summed E-state index contributed by atoms with van der Waals surface area (Å²) in [5, 5.41) is 3.11. The molecule has 0 spiro atoms. The number of nitrogens with one attached hydrogen (secondary N) is 1. The fraction of sp³-hybridized carbons (Fsp3) is 0.500. The van der Waals surface area contributed by atoms with Gasteiger partial charge in [-0.25, -0.2) is 0 Å². The maximum absolute atomic E-state index is 3.98. The lowest BCUT2D eigenvalue weighted by molar-refractivity contribution is 0.429. The fourth-order valence-electron chi connectivity index (χ4n) is 0.882. The quantitative estimate of drug-likeness (QED) is 0.625. The molecule has 0 aliphatic rings. The molecular formula is C12H22N2. The van der Waals surface area contributed by atoms with Gasteiger partial charge in [-0.2, -0.15) is 0 Å². The van der Waals surface area contributed by atoms with Crippen molar-refractivity contribution in [3.05, 3.63) is 36.6 Å². The molecule has 0 aromatic rings. The molecule has 2 heteroatoms. The van der Waals surface area contributed by atoms with E-state index in [1.165, 1.54) is 0 Å². The number of rotatable bonds is 7. The third-order valence-electron chi connectivity index (χ3n) is 2.15. The van der Waals surface area contributed by atoms with Crippen LogP contribution in [0.4, 0.5) is 0 Å². The van der Waals surface area contributed by atoms with Crippen molar-refractivity contribution in [3.63, 3.8) is 0 Å². The number of hydrogen-bond acceptors (Lipinski definition) is 2. The molecular weight excluding hydrogens is 172 g/mol. The molecule has 1 N–H and O–H groups in total. The van der Waals surface area contributed by atoms with Gasteiger partial charge in [0.15, 0.2) is 0 Å². The van der Waals surface area contributed by atoms with Gasteiger partial charge in [-0.1, -0.05) is 31.7 Å². The Hall–Kier alpha value is -1.02. The monoisotopic (exact) mass is 194 g/mol. The lowest BCUT2D eigenvalue weighted by Gasteiger charge is -2.18. The van der Waals surface area contributed by atoms with E-state index in [0.29, 0.717) is 0 Å². The Morgan fingerprint density at radius 3 is 2.50 bits per heavy atom. The highest BCUT2D eigenvalue weighted by atomic mass is 15.1. The van der Waals surface area contributed by atoms with Gasteiger partial charge in [0.05, 0.1) is 0 Å². The van der Waals surface area contributed by atoms with Crippen LogP contribution in [0.25, 0.3) is 0 Å². The van der Waals surface area contributed by atoms with Crippen molar-refractivity contribution in [2.24, 2.45) is 0 Å². The van der Waals surface area contributed by atoms with E-state index in [1.54, 1.807) is 0 Å². The second-order valence-electron chi connectivity index (χ2n) is 3.36. The lowest BCUT2D eigenvalue weighted by Crippen LogP contribution is -2.25. The van der Waals surface area contributed by atoms with Crippen LogP contribution in [0.2, 0.25) is 0 Å². The van der Waals surface area contributed by atoms with Crippen LogP contribution in [0.3, 0.4) is 0 Å². The zero-order valence-corrected chi connectivity index (χ0v) is 9.64. The zero-order chi connectivity index (χ0) is 11.0. The average Bonchev–Trinajstić information content (AvgIpc) is 2.21. The molecule has 0 unspecified atom stereocenters. The Labute approximate surface area is 88.0 Å². The van der Waals surface area contributed by atoms with Crippen LogP contribution >= 0.6 is 0 Å². The summed E-state index contributed by atoms with van der Waals surface area (Å²) in [6.07, 6.45) is 5.03. The van der Waals surface area contributed by atoms with Crippen molar-refractivity contribution >= 4 is 0 Å². The summed E-state index contributed by atoms with van der Waals surface area (Å²) in [7, 11) is 3.99. The van der Waals surface area contributed by atoms with E-state index in [2.05, 4.69) is 30.3 Å². The van der Waals surface area contributed by atoms with Gasteiger partial charge < -0.3 is 10.2 Å². The maximum Gasteiger partial charge on any atom is 0.0299 e. The summed E-state index contributed by atoms with van der Waals surface area (Å²) in [5.41, 5.74) is 2.16. The van der Waals surface area contributed by atoms with E-state index < -0.39 is 0 Å². The molecule has 2 nitrogen and oxygen atoms in total. The van der Waals surface area contributed by atoms with Crippen LogP contribution in [-0.4, -0.2) is 32.1 Å². The minimum atomic E-state index is 0.970. The van der Waals surface area contributed by atoms with Crippen LogP contribution in [0.1, 0.15) is 13.3 Å². The molecule has 0 fully saturated rings. The normalized spacial score (nSPS) is 10.5. The topological polar surface area (TPSA) is 15.3 Å². The predicted molar refractivity (Wildman–Crippen MR) is 64.3 cm³/mol. The third kappa shape index (κ3) is 5.60. The molecule has 14 heavy (non-hydrogen) atoms. The summed E-state index contributed by atoms with van der Waals surface area (Å²) >= 11 is 0. The molecule has 0 rings (SSSR count). The van der Waals surface area contributed by atoms with Gasteiger partial charge in [-0.3, -0.25) is 0 Å². The highest BCUT2D eigenvalue weighted by Crippen LogP contribution is 2.04. The van der Waals surface area contributed by atoms with Gasteiger partial charge in [-0.15, -0.1) is 0 Å². The first-order chi connectivity index (χ1) is 6.61. The number of nitrogens with zero attached hydrogens (tertiary/aromatic N) is 1. The van der Waals surface area contributed by atoms with Gasteiger partial charge in [0.25, 0.3) is 0 Å². The molecule has 0 atom stereocenters. The zero-order valence-electron chi connectivity index (χ0n) is 9.64. The van der Waals surface area contributed by atoms with Crippen molar-refractivity contribution in [1.82, 2.24) is 10.2 Å². The maximum atomic E-state index is 3.98. The Morgan fingerprint density at radius 1 is 1.36 bits per heavy atom. The van der Waals surface area contributed by atoms with Gasteiger partial charge in [0.1, 0.15) is 0 Å². The molecule has 0 aromatic carbocycles. The summed E-state index contributed by atoms with van der Waals surface area (Å²) in [6, 6.07) is 0. The number of allylic oxidation sites excluding steroid dienone is 3. The minimum Gasteiger partial charge on any atom is -0.374 e. The molecule has 0 aliphatic heterocycles. The summed E-state index contributed by atoms with van der Waals surface area (Å²) < 4.78 is 0. The van der Waals surface area contributed by atoms with Crippen LogP contribution < -0.4 is 5.32 Å². The van der Waals surface area contributed by atoms with E-state index in [0.717, 1.165) is 30.8 Å². The van der Waals surface area contributed by atoms with E-state index >= 15 is 0 Å². The molecule has 80 valence electrons. The SMILES string of the molecule is C=C(/C=C\C(=C)N(C)CCNC)CC. The molecule has 0 aromatic heterocycles. The van der Waals surface area contributed by atoms with Crippen LogP contribution in [0, 0.1) is 0 Å². The van der Waals surface area contributed by atoms with Gasteiger partial charge in [-0.05, 0) is 19.5 Å². The number of likely N-dealkylation sites (N-methyl/N-ethyl adjacent to an activating group) is 2. The van der Waals surface area contributed by atoms with E-state index in [-0.39, 0.29) is 0 Å². The summed E-state index contributed by atoms with van der Waals surface area (Å²) in [5.74, 6) is 0. The smallest absolute Gasteiger partial charge is 0.0299 e. The summed E-state index contributed by atoms with van der Waals surface area (Å²) in [6.45, 7) is 11.9. The van der Waals surface area contributed by atoms with Gasteiger partial charge in [0, 0.05) is 25.8 Å². The molecule has 0 radical (unpaired) electrons. The standard InChI is InChI=1S/C12H22N2/c1-6-11(2)7-8-12(3)14(5)10-9-13-4/h7-8,13H,2-3,6,9-10H2,1,4-5H3/b8-7-. The van der Waals surface area contributed by atoms with Gasteiger partial charge in [0.2, 0.25) is 0 Å². The Balaban J connectivity index is 3.94. The molecule has 0 saturated heterocycles. The molecule has 0 heterocycles. The van der Waals surface area contributed by atoms with Crippen LogP contribution in [0.15, 0.2) is 36.6 Å². The summed E-state index contributed by atoms with van der Waals surface area (Å²) in [4.78, 5) is 2.12. The Bertz CT molecular complexity index is 216. The molecule has 0 aliphatic carbocycles. The predicted octanol–water partition coefficient (Wildman–Crippen LogP) is 2.17. The van der Waals surface area contributed by atoms with Crippen molar-refractivity contribution in [2.45, 2.75) is 13.3 Å². The second kappa shape index (κ2) is 7.39. The van der Waals surface area contributed by atoms with Crippen molar-refractivity contribution in [1.29, 1.82) is 0 Å². The minimum absolute atomic E-state index is 0.970. The highest BCUT2D eigenvalue weighted by Gasteiger charge is 1.96. The third-order valence-corrected chi connectivity index (χ3v) is 2.15. The van der Waals surface area contributed by atoms with Crippen molar-refractivity contribution in [2.75, 3.05) is 27.2 Å². The molecule has 0 saturated carbocycles. The van der Waals surface area contributed by atoms with Gasteiger partial charge >= 0.3 is 0 Å². The Kier molecular flexibility index (Phi) is 6.85. The fourth-order valence-corrected chi connectivity index (χ4v) is 0.882. The van der Waals surface area contributed by atoms with Crippen LogP contribution in [0.5, 0.6) is 0 Å². The Morgan fingerprint density at radius 2 is 2.00 bits per heavy atom. The lowest BCUT2D eigenvalue weighted by atomic mass is 10.2. The van der Waals surface area contributed by atoms with E-state index in [9.17, 15) is 0 Å². The average molecular weight is 194 g/mol. The van der Waals surface area contributed by atoms with E-state index in [4.69, 9.17) is 0 Å². The largest absolute Gasteiger partial charge is 0.374 e. The second-order valence-corrected chi connectivity index (χ2v) is 3.36. The first kappa shape index (κ1) is 13.0.